The van der Waals surface area contributed by atoms with Gasteiger partial charge in [-0.3, -0.25) is 5.43 Å². The van der Waals surface area contributed by atoms with Crippen LogP contribution in [0.1, 0.15) is 37.9 Å². The number of hydrogen-bond acceptors (Lipinski definition) is 4. The largest absolute Gasteiger partial charge is 0.443 e. The maximum absolute atomic E-state index is 13.2. The predicted octanol–water partition coefficient (Wildman–Crippen LogP) is 3.53. The van der Waals surface area contributed by atoms with Gasteiger partial charge in [0.25, 0.3) is 0 Å². The van der Waals surface area contributed by atoms with Crippen LogP contribution >= 0.6 is 0 Å². The minimum absolute atomic E-state index is 0.324. The van der Waals surface area contributed by atoms with E-state index in [1.165, 1.54) is 12.1 Å². The molecule has 0 unspecified atom stereocenters. The Kier molecular flexibility index (Phi) is 5.41. The van der Waals surface area contributed by atoms with Gasteiger partial charge in [-0.05, 0) is 56.2 Å². The van der Waals surface area contributed by atoms with E-state index in [4.69, 9.17) is 10.5 Å². The fourth-order valence-corrected chi connectivity index (χ4v) is 2.14. The van der Waals surface area contributed by atoms with Gasteiger partial charge in [-0.1, -0.05) is 24.3 Å². The first kappa shape index (κ1) is 17.7. The SMILES string of the molecule is CC(C)(C)OC(=O)NN[C@H](c1ccc(N)cc1)c1ccc(F)cc1. The number of benzene rings is 2. The van der Waals surface area contributed by atoms with Crippen molar-refractivity contribution in [1.29, 1.82) is 0 Å². The number of nitrogens with two attached hydrogens (primary N) is 1. The highest BCUT2D eigenvalue weighted by atomic mass is 19.1. The molecule has 0 heterocycles. The molecule has 1 amide bonds. The second-order valence-electron chi connectivity index (χ2n) is 6.42. The van der Waals surface area contributed by atoms with Crippen LogP contribution < -0.4 is 16.6 Å². The summed E-state index contributed by atoms with van der Waals surface area (Å²) in [6.45, 7) is 5.35. The van der Waals surface area contributed by atoms with E-state index in [0.717, 1.165) is 11.1 Å². The summed E-state index contributed by atoms with van der Waals surface area (Å²) in [4.78, 5) is 11.9. The van der Waals surface area contributed by atoms with Crippen molar-refractivity contribution >= 4 is 11.8 Å². The Labute approximate surface area is 141 Å². The molecule has 0 aliphatic carbocycles. The first-order valence-corrected chi connectivity index (χ1v) is 7.60. The van der Waals surface area contributed by atoms with Crippen molar-refractivity contribution in [2.75, 3.05) is 5.73 Å². The molecule has 6 heteroatoms. The lowest BCUT2D eigenvalue weighted by molar-refractivity contribution is 0.0491. The zero-order valence-electron chi connectivity index (χ0n) is 14.0. The molecule has 2 rings (SSSR count). The highest BCUT2D eigenvalue weighted by molar-refractivity contribution is 5.67. The fourth-order valence-electron chi connectivity index (χ4n) is 2.14. The topological polar surface area (TPSA) is 76.4 Å². The summed E-state index contributed by atoms with van der Waals surface area (Å²) in [5.74, 6) is -0.324. The van der Waals surface area contributed by atoms with Gasteiger partial charge in [0.2, 0.25) is 0 Å². The lowest BCUT2D eigenvalue weighted by Gasteiger charge is -2.23. The predicted molar refractivity (Wildman–Crippen MR) is 91.6 cm³/mol. The molecule has 4 N–H and O–H groups in total. The minimum atomic E-state index is -0.599. The van der Waals surface area contributed by atoms with E-state index < -0.39 is 11.7 Å². The van der Waals surface area contributed by atoms with Crippen LogP contribution in [-0.4, -0.2) is 11.7 Å². The summed E-state index contributed by atoms with van der Waals surface area (Å²) in [6, 6.07) is 12.9. The molecule has 128 valence electrons. The molecule has 24 heavy (non-hydrogen) atoms. The molecular weight excluding hydrogens is 309 g/mol. The van der Waals surface area contributed by atoms with Crippen LogP contribution in [0.15, 0.2) is 48.5 Å². The highest BCUT2D eigenvalue weighted by Gasteiger charge is 2.19. The molecule has 0 saturated heterocycles. The van der Waals surface area contributed by atoms with Crippen molar-refractivity contribution in [3.63, 3.8) is 0 Å². The Morgan fingerprint density at radius 3 is 2.04 bits per heavy atom. The van der Waals surface area contributed by atoms with Gasteiger partial charge >= 0.3 is 6.09 Å². The summed E-state index contributed by atoms with van der Waals surface area (Å²) < 4.78 is 18.4. The summed E-state index contributed by atoms with van der Waals surface area (Å²) >= 11 is 0. The molecule has 0 spiro atoms. The third-order valence-corrected chi connectivity index (χ3v) is 3.19. The third kappa shape index (κ3) is 5.24. The summed E-state index contributed by atoms with van der Waals surface area (Å²) in [6.07, 6.45) is -0.593. The van der Waals surface area contributed by atoms with Gasteiger partial charge in [-0.2, -0.15) is 0 Å². The number of rotatable bonds is 4. The Hall–Kier alpha value is -2.60. The van der Waals surface area contributed by atoms with Gasteiger partial charge in [0.15, 0.2) is 0 Å². The Morgan fingerprint density at radius 2 is 1.54 bits per heavy atom. The van der Waals surface area contributed by atoms with Crippen LogP contribution in [0.4, 0.5) is 14.9 Å². The number of carbonyl (C=O) groups is 1. The average molecular weight is 331 g/mol. The number of nitrogen functional groups attached to an aromatic ring is 1. The zero-order chi connectivity index (χ0) is 17.7. The lowest BCUT2D eigenvalue weighted by atomic mass is 9.99. The van der Waals surface area contributed by atoms with Crippen LogP contribution in [0.3, 0.4) is 0 Å². The first-order chi connectivity index (χ1) is 11.2. The summed E-state index contributed by atoms with van der Waals surface area (Å²) in [5.41, 5.74) is 12.9. The van der Waals surface area contributed by atoms with Crippen LogP contribution in [0.25, 0.3) is 0 Å². The van der Waals surface area contributed by atoms with E-state index in [9.17, 15) is 9.18 Å². The Balaban J connectivity index is 2.18. The normalized spacial score (nSPS) is 12.5. The van der Waals surface area contributed by atoms with Gasteiger partial charge in [-0.25, -0.2) is 14.6 Å². The first-order valence-electron chi connectivity index (χ1n) is 7.60. The monoisotopic (exact) mass is 331 g/mol. The highest BCUT2D eigenvalue weighted by Crippen LogP contribution is 2.23. The van der Waals surface area contributed by atoms with Crippen molar-refractivity contribution < 1.29 is 13.9 Å². The van der Waals surface area contributed by atoms with Gasteiger partial charge in [0.1, 0.15) is 11.4 Å². The number of ether oxygens (including phenoxy) is 1. The van der Waals surface area contributed by atoms with Crippen molar-refractivity contribution in [2.45, 2.75) is 32.4 Å². The van der Waals surface area contributed by atoms with E-state index in [0.29, 0.717) is 5.69 Å². The van der Waals surface area contributed by atoms with Gasteiger partial charge in [0, 0.05) is 5.69 Å². The van der Waals surface area contributed by atoms with Crippen LogP contribution in [0.2, 0.25) is 0 Å². The smallest absolute Gasteiger partial charge is 0.422 e. The van der Waals surface area contributed by atoms with E-state index in [-0.39, 0.29) is 11.9 Å². The standard InChI is InChI=1S/C18H22FN3O2/c1-18(2,3)24-17(23)22-21-16(12-4-8-14(19)9-5-12)13-6-10-15(20)11-7-13/h4-11,16,21H,20H2,1-3H3,(H,22,23)/t16-/m0/s1. The molecule has 5 nitrogen and oxygen atoms in total. The van der Waals surface area contributed by atoms with Crippen LogP contribution in [0.5, 0.6) is 0 Å². The summed E-state index contributed by atoms with van der Waals surface area (Å²) in [5, 5.41) is 0. The molecule has 2 aromatic rings. The van der Waals surface area contributed by atoms with Gasteiger partial charge in [0.05, 0.1) is 6.04 Å². The van der Waals surface area contributed by atoms with E-state index in [1.54, 1.807) is 45.0 Å². The number of hydrazine groups is 1. The van der Waals surface area contributed by atoms with Crippen molar-refractivity contribution in [3.8, 4) is 0 Å². The number of hydrogen-bond donors (Lipinski definition) is 3. The molecular formula is C18H22FN3O2. The quantitative estimate of drug-likeness (QED) is 0.592. The molecule has 2 aromatic carbocycles. The maximum Gasteiger partial charge on any atom is 0.422 e. The summed E-state index contributed by atoms with van der Waals surface area (Å²) in [7, 11) is 0. The average Bonchev–Trinajstić information content (AvgIpc) is 2.49. The van der Waals surface area contributed by atoms with E-state index >= 15 is 0 Å². The Bertz CT molecular complexity index is 633. The number of carbonyl (C=O) groups excluding carboxylic acids is 1. The van der Waals surface area contributed by atoms with Crippen molar-refractivity contribution in [1.82, 2.24) is 10.9 Å². The fraction of sp³-hybridized carbons (Fsp3) is 0.278. The molecule has 0 radical (unpaired) electrons. The molecule has 0 aliphatic rings. The molecule has 1 atom stereocenters. The second kappa shape index (κ2) is 7.31. The second-order valence-corrected chi connectivity index (χ2v) is 6.42. The lowest BCUT2D eigenvalue weighted by Crippen LogP contribution is -2.43. The number of nitrogens with one attached hydrogen (secondary N) is 2. The molecule has 0 aromatic heterocycles. The Morgan fingerprint density at radius 1 is 1.04 bits per heavy atom. The number of anilines is 1. The maximum atomic E-state index is 13.2. The molecule has 0 fully saturated rings. The van der Waals surface area contributed by atoms with E-state index in [2.05, 4.69) is 10.9 Å². The zero-order valence-corrected chi connectivity index (χ0v) is 14.0. The molecule has 0 saturated carbocycles. The van der Waals surface area contributed by atoms with Crippen molar-refractivity contribution in [2.24, 2.45) is 0 Å². The van der Waals surface area contributed by atoms with Crippen molar-refractivity contribution in [3.05, 3.63) is 65.5 Å². The van der Waals surface area contributed by atoms with Gasteiger partial charge < -0.3 is 10.5 Å². The van der Waals surface area contributed by atoms with Crippen LogP contribution in [-0.2, 0) is 4.74 Å². The number of halogens is 1. The molecule has 0 bridgehead atoms. The molecule has 0 aliphatic heterocycles. The number of amides is 1. The van der Waals surface area contributed by atoms with Crippen LogP contribution in [0, 0.1) is 5.82 Å². The van der Waals surface area contributed by atoms with E-state index in [1.807, 2.05) is 12.1 Å². The minimum Gasteiger partial charge on any atom is -0.443 e. The van der Waals surface area contributed by atoms with Gasteiger partial charge in [-0.15, -0.1) is 0 Å². The third-order valence-electron chi connectivity index (χ3n) is 3.19.